The molecule has 0 radical (unpaired) electrons. The molecule has 0 aromatic carbocycles. The number of carbonyl (C=O) groups excluding carboxylic acids is 1. The molecule has 96 valence electrons. The zero-order valence-corrected chi connectivity index (χ0v) is 10.2. The number of ether oxygens (including phenoxy) is 1. The van der Waals surface area contributed by atoms with E-state index in [1.807, 2.05) is 0 Å². The molecule has 0 bridgehead atoms. The van der Waals surface area contributed by atoms with E-state index in [0.29, 0.717) is 25.2 Å². The molecule has 3 heterocycles. The van der Waals surface area contributed by atoms with Crippen LogP contribution in [0.25, 0.3) is 0 Å². The molecule has 0 aliphatic carbocycles. The molecule has 2 N–H and O–H groups in total. The summed E-state index contributed by atoms with van der Waals surface area (Å²) in [6.07, 6.45) is 3.31. The monoisotopic (exact) mass is 239 g/mol. The Morgan fingerprint density at radius 3 is 3.12 bits per heavy atom. The first kappa shape index (κ1) is 11.4. The Kier molecular flexibility index (Phi) is 3.31. The van der Waals surface area contributed by atoms with E-state index in [1.165, 1.54) is 19.4 Å². The molecule has 0 saturated carbocycles. The van der Waals surface area contributed by atoms with Gasteiger partial charge in [-0.1, -0.05) is 0 Å². The van der Waals surface area contributed by atoms with Gasteiger partial charge in [0.05, 0.1) is 6.61 Å². The average molecular weight is 239 g/mol. The van der Waals surface area contributed by atoms with Gasteiger partial charge in [-0.25, -0.2) is 0 Å². The first-order valence-electron chi connectivity index (χ1n) is 6.71. The van der Waals surface area contributed by atoms with E-state index in [-0.39, 0.29) is 12.0 Å². The molecule has 0 aromatic rings. The third kappa shape index (κ3) is 2.32. The van der Waals surface area contributed by atoms with Gasteiger partial charge in [0.25, 0.3) is 5.91 Å². The topological polar surface area (TPSA) is 53.6 Å². The SMILES string of the molecule is O=C(NC1CCN2CCCC12)C1CNCCO1. The van der Waals surface area contributed by atoms with Crippen molar-refractivity contribution in [3.63, 3.8) is 0 Å². The highest BCUT2D eigenvalue weighted by Crippen LogP contribution is 2.27. The van der Waals surface area contributed by atoms with E-state index in [9.17, 15) is 4.79 Å². The van der Waals surface area contributed by atoms with Crippen molar-refractivity contribution in [2.75, 3.05) is 32.8 Å². The van der Waals surface area contributed by atoms with Crippen LogP contribution in [0.5, 0.6) is 0 Å². The fourth-order valence-corrected chi connectivity index (χ4v) is 3.26. The second-order valence-electron chi connectivity index (χ2n) is 5.21. The molecule has 3 atom stereocenters. The van der Waals surface area contributed by atoms with Crippen molar-refractivity contribution in [2.45, 2.75) is 37.5 Å². The van der Waals surface area contributed by atoms with Gasteiger partial charge >= 0.3 is 0 Å². The first-order valence-corrected chi connectivity index (χ1v) is 6.71. The van der Waals surface area contributed by atoms with Gasteiger partial charge in [-0.2, -0.15) is 0 Å². The van der Waals surface area contributed by atoms with Gasteiger partial charge in [0.2, 0.25) is 0 Å². The number of fused-ring (bicyclic) bond motifs is 1. The van der Waals surface area contributed by atoms with E-state index in [1.54, 1.807) is 0 Å². The fourth-order valence-electron chi connectivity index (χ4n) is 3.26. The zero-order valence-electron chi connectivity index (χ0n) is 10.2. The minimum atomic E-state index is -0.292. The van der Waals surface area contributed by atoms with E-state index >= 15 is 0 Å². The predicted molar refractivity (Wildman–Crippen MR) is 63.8 cm³/mol. The van der Waals surface area contributed by atoms with Crippen LogP contribution in [0, 0.1) is 0 Å². The van der Waals surface area contributed by atoms with Crippen LogP contribution >= 0.6 is 0 Å². The van der Waals surface area contributed by atoms with Crippen molar-refractivity contribution in [2.24, 2.45) is 0 Å². The number of nitrogens with one attached hydrogen (secondary N) is 2. The molecule has 5 nitrogen and oxygen atoms in total. The van der Waals surface area contributed by atoms with Gasteiger partial charge in [-0.3, -0.25) is 9.69 Å². The van der Waals surface area contributed by atoms with Crippen molar-refractivity contribution in [1.29, 1.82) is 0 Å². The quantitative estimate of drug-likeness (QED) is 0.671. The Hall–Kier alpha value is -0.650. The number of amides is 1. The smallest absolute Gasteiger partial charge is 0.250 e. The Morgan fingerprint density at radius 1 is 1.35 bits per heavy atom. The Balaban J connectivity index is 1.54. The average Bonchev–Trinajstić information content (AvgIpc) is 2.95. The van der Waals surface area contributed by atoms with E-state index in [0.717, 1.165) is 19.5 Å². The lowest BCUT2D eigenvalue weighted by Crippen LogP contribution is -2.52. The van der Waals surface area contributed by atoms with Crippen molar-refractivity contribution in [1.82, 2.24) is 15.5 Å². The Bertz CT molecular complexity index is 291. The summed E-state index contributed by atoms with van der Waals surface area (Å²) in [6, 6.07) is 0.922. The molecule has 5 heteroatoms. The maximum absolute atomic E-state index is 12.0. The van der Waals surface area contributed by atoms with Crippen molar-refractivity contribution in [3.05, 3.63) is 0 Å². The second kappa shape index (κ2) is 4.92. The van der Waals surface area contributed by atoms with Crippen LogP contribution in [0.2, 0.25) is 0 Å². The van der Waals surface area contributed by atoms with Crippen LogP contribution in [0.3, 0.4) is 0 Å². The van der Waals surface area contributed by atoms with Gasteiger partial charge in [-0.05, 0) is 25.8 Å². The summed E-state index contributed by atoms with van der Waals surface area (Å²) in [5, 5.41) is 6.37. The Labute approximate surface area is 102 Å². The molecule has 0 aromatic heterocycles. The third-order valence-corrected chi connectivity index (χ3v) is 4.15. The van der Waals surface area contributed by atoms with Crippen LogP contribution in [0.15, 0.2) is 0 Å². The van der Waals surface area contributed by atoms with Crippen molar-refractivity contribution in [3.8, 4) is 0 Å². The molecular weight excluding hydrogens is 218 g/mol. The Morgan fingerprint density at radius 2 is 2.29 bits per heavy atom. The van der Waals surface area contributed by atoms with E-state index < -0.39 is 0 Å². The number of morpholine rings is 1. The molecule has 0 spiro atoms. The second-order valence-corrected chi connectivity index (χ2v) is 5.21. The molecule has 1 amide bonds. The summed E-state index contributed by atoms with van der Waals surface area (Å²) >= 11 is 0. The standard InChI is InChI=1S/C12H21N3O2/c16-12(11-8-13-4-7-17-11)14-9-3-6-15-5-1-2-10(9)15/h9-11,13H,1-8H2,(H,14,16). The van der Waals surface area contributed by atoms with Gasteiger partial charge in [0.15, 0.2) is 0 Å². The number of hydrogen-bond acceptors (Lipinski definition) is 4. The van der Waals surface area contributed by atoms with Gasteiger partial charge in [0, 0.05) is 31.7 Å². The summed E-state index contributed by atoms with van der Waals surface area (Å²) in [7, 11) is 0. The van der Waals surface area contributed by atoms with Crippen molar-refractivity contribution >= 4 is 5.91 Å². The van der Waals surface area contributed by atoms with Crippen LogP contribution < -0.4 is 10.6 Å². The highest BCUT2D eigenvalue weighted by atomic mass is 16.5. The van der Waals surface area contributed by atoms with Gasteiger partial charge in [0.1, 0.15) is 6.10 Å². The van der Waals surface area contributed by atoms with E-state index in [2.05, 4.69) is 15.5 Å². The van der Waals surface area contributed by atoms with Crippen molar-refractivity contribution < 1.29 is 9.53 Å². The molecule has 3 fully saturated rings. The molecular formula is C12H21N3O2. The third-order valence-electron chi connectivity index (χ3n) is 4.15. The summed E-state index contributed by atoms with van der Waals surface area (Å²) in [4.78, 5) is 14.6. The summed E-state index contributed by atoms with van der Waals surface area (Å²) in [6.45, 7) is 4.48. The zero-order chi connectivity index (χ0) is 11.7. The molecule has 3 rings (SSSR count). The van der Waals surface area contributed by atoms with Crippen LogP contribution in [-0.2, 0) is 9.53 Å². The highest BCUT2D eigenvalue weighted by Gasteiger charge is 2.38. The lowest BCUT2D eigenvalue weighted by molar-refractivity contribution is -0.135. The number of nitrogens with zero attached hydrogens (tertiary/aromatic N) is 1. The fraction of sp³-hybridized carbons (Fsp3) is 0.917. The molecule has 17 heavy (non-hydrogen) atoms. The van der Waals surface area contributed by atoms with E-state index in [4.69, 9.17) is 4.74 Å². The maximum atomic E-state index is 12.0. The molecule has 3 unspecified atom stereocenters. The molecule has 3 saturated heterocycles. The number of carbonyl (C=O) groups is 1. The molecule has 3 aliphatic rings. The summed E-state index contributed by atoms with van der Waals surface area (Å²) in [5.74, 6) is 0.0657. The highest BCUT2D eigenvalue weighted by molar-refractivity contribution is 5.81. The lowest BCUT2D eigenvalue weighted by atomic mass is 10.1. The summed E-state index contributed by atoms with van der Waals surface area (Å²) < 4.78 is 5.47. The van der Waals surface area contributed by atoms with Crippen LogP contribution in [0.1, 0.15) is 19.3 Å². The predicted octanol–water partition coefficient (Wildman–Crippen LogP) is -0.672. The number of rotatable bonds is 2. The minimum Gasteiger partial charge on any atom is -0.366 e. The van der Waals surface area contributed by atoms with Crippen LogP contribution in [-0.4, -0.2) is 61.8 Å². The van der Waals surface area contributed by atoms with Gasteiger partial charge in [-0.15, -0.1) is 0 Å². The first-order chi connectivity index (χ1) is 8.34. The molecule has 3 aliphatic heterocycles. The number of hydrogen-bond donors (Lipinski definition) is 2. The minimum absolute atomic E-state index is 0.0657. The largest absolute Gasteiger partial charge is 0.366 e. The maximum Gasteiger partial charge on any atom is 0.250 e. The normalized spacial score (nSPS) is 38.0. The lowest BCUT2D eigenvalue weighted by Gasteiger charge is -2.26. The summed E-state index contributed by atoms with van der Waals surface area (Å²) in [5.41, 5.74) is 0. The van der Waals surface area contributed by atoms with Gasteiger partial charge < -0.3 is 15.4 Å². The van der Waals surface area contributed by atoms with Crippen LogP contribution in [0.4, 0.5) is 0 Å².